The van der Waals surface area contributed by atoms with E-state index in [1.165, 1.54) is 38.5 Å². The minimum atomic E-state index is 0.302. The van der Waals surface area contributed by atoms with E-state index in [0.29, 0.717) is 12.5 Å². The number of hydrogen-bond acceptors (Lipinski definition) is 2. The molecule has 1 aliphatic heterocycles. The van der Waals surface area contributed by atoms with Crippen LogP contribution in [0.3, 0.4) is 0 Å². The van der Waals surface area contributed by atoms with Crippen LogP contribution in [0, 0.1) is 11.8 Å². The quantitative estimate of drug-likeness (QED) is 0.812. The number of carbonyl (C=O) groups excluding carboxylic acids is 1. The van der Waals surface area contributed by atoms with E-state index in [1.54, 1.807) is 0 Å². The van der Waals surface area contributed by atoms with Gasteiger partial charge in [-0.1, -0.05) is 13.3 Å². The zero-order chi connectivity index (χ0) is 12.1. The second kappa shape index (κ2) is 6.39. The lowest BCUT2D eigenvalue weighted by Crippen LogP contribution is -2.41. The molecule has 0 radical (unpaired) electrons. The maximum absolute atomic E-state index is 11.9. The van der Waals surface area contributed by atoms with Crippen molar-refractivity contribution in [2.75, 3.05) is 26.2 Å². The fourth-order valence-corrected chi connectivity index (χ4v) is 3.15. The van der Waals surface area contributed by atoms with Gasteiger partial charge >= 0.3 is 0 Å². The first-order valence-corrected chi connectivity index (χ1v) is 7.24. The van der Waals surface area contributed by atoms with E-state index < -0.39 is 0 Å². The minimum Gasteiger partial charge on any atom is -0.342 e. The number of carbonyl (C=O) groups is 1. The van der Waals surface area contributed by atoms with Gasteiger partial charge in [-0.25, -0.2) is 0 Å². The van der Waals surface area contributed by atoms with Gasteiger partial charge in [-0.15, -0.1) is 0 Å². The third-order valence-electron chi connectivity index (χ3n) is 4.22. The summed E-state index contributed by atoms with van der Waals surface area (Å²) in [4.78, 5) is 13.9. The molecule has 2 fully saturated rings. The van der Waals surface area contributed by atoms with Crippen molar-refractivity contribution in [1.29, 1.82) is 0 Å². The lowest BCUT2D eigenvalue weighted by Gasteiger charge is -2.27. The predicted molar refractivity (Wildman–Crippen MR) is 69.8 cm³/mol. The summed E-state index contributed by atoms with van der Waals surface area (Å²) in [7, 11) is 0. The summed E-state index contributed by atoms with van der Waals surface area (Å²) < 4.78 is 0. The SMILES string of the molecule is CC1CCC(CNCC(=O)N2CCCCC2)C1. The van der Waals surface area contributed by atoms with E-state index in [-0.39, 0.29) is 0 Å². The predicted octanol–water partition coefficient (Wildman–Crippen LogP) is 2.02. The molecule has 3 nitrogen and oxygen atoms in total. The van der Waals surface area contributed by atoms with Crippen molar-refractivity contribution in [1.82, 2.24) is 10.2 Å². The van der Waals surface area contributed by atoms with Crippen LogP contribution in [0.15, 0.2) is 0 Å². The third-order valence-corrected chi connectivity index (χ3v) is 4.22. The van der Waals surface area contributed by atoms with Gasteiger partial charge in [0.1, 0.15) is 0 Å². The van der Waals surface area contributed by atoms with Crippen molar-refractivity contribution in [2.45, 2.75) is 45.4 Å². The summed E-state index contributed by atoms with van der Waals surface area (Å²) in [5.41, 5.74) is 0. The van der Waals surface area contributed by atoms with Gasteiger partial charge in [0.25, 0.3) is 0 Å². The Labute approximate surface area is 105 Å². The topological polar surface area (TPSA) is 32.3 Å². The third kappa shape index (κ3) is 3.98. The number of likely N-dealkylation sites (tertiary alicyclic amines) is 1. The number of hydrogen-bond donors (Lipinski definition) is 1. The molecular weight excluding hydrogens is 212 g/mol. The smallest absolute Gasteiger partial charge is 0.236 e. The van der Waals surface area contributed by atoms with Gasteiger partial charge in [-0.3, -0.25) is 4.79 Å². The minimum absolute atomic E-state index is 0.302. The van der Waals surface area contributed by atoms with Crippen molar-refractivity contribution in [3.05, 3.63) is 0 Å². The molecule has 0 bridgehead atoms. The van der Waals surface area contributed by atoms with Gasteiger partial charge < -0.3 is 10.2 Å². The molecule has 1 saturated heterocycles. The molecule has 1 N–H and O–H groups in total. The maximum Gasteiger partial charge on any atom is 0.236 e. The van der Waals surface area contributed by atoms with E-state index in [1.807, 2.05) is 4.90 Å². The van der Waals surface area contributed by atoms with Crippen molar-refractivity contribution in [2.24, 2.45) is 11.8 Å². The molecule has 1 saturated carbocycles. The second-order valence-corrected chi connectivity index (χ2v) is 5.86. The van der Waals surface area contributed by atoms with Gasteiger partial charge in [-0.05, 0) is 50.5 Å². The van der Waals surface area contributed by atoms with E-state index in [0.717, 1.165) is 31.5 Å². The second-order valence-electron chi connectivity index (χ2n) is 5.86. The molecule has 2 aliphatic rings. The fourth-order valence-electron chi connectivity index (χ4n) is 3.15. The highest BCUT2D eigenvalue weighted by molar-refractivity contribution is 5.78. The first kappa shape index (κ1) is 12.9. The molecule has 98 valence electrons. The van der Waals surface area contributed by atoms with Crippen LogP contribution in [-0.4, -0.2) is 37.0 Å². The number of nitrogens with zero attached hydrogens (tertiary/aromatic N) is 1. The van der Waals surface area contributed by atoms with Crippen LogP contribution in [-0.2, 0) is 4.79 Å². The molecule has 3 heteroatoms. The van der Waals surface area contributed by atoms with Crippen LogP contribution in [0.2, 0.25) is 0 Å². The van der Waals surface area contributed by atoms with E-state index in [2.05, 4.69) is 12.2 Å². The molecule has 17 heavy (non-hydrogen) atoms. The molecule has 0 aromatic carbocycles. The molecule has 1 amide bonds. The summed E-state index contributed by atoms with van der Waals surface area (Å²) in [6, 6.07) is 0. The van der Waals surface area contributed by atoms with Crippen LogP contribution in [0.4, 0.5) is 0 Å². The number of amides is 1. The largest absolute Gasteiger partial charge is 0.342 e. The molecule has 2 unspecified atom stereocenters. The maximum atomic E-state index is 11.9. The number of piperidine rings is 1. The van der Waals surface area contributed by atoms with Gasteiger partial charge in [0.05, 0.1) is 6.54 Å². The Balaban J connectivity index is 1.59. The number of nitrogens with one attached hydrogen (secondary N) is 1. The lowest BCUT2D eigenvalue weighted by atomic mass is 10.1. The van der Waals surface area contributed by atoms with Crippen LogP contribution in [0.1, 0.15) is 45.4 Å². The van der Waals surface area contributed by atoms with E-state index in [4.69, 9.17) is 0 Å². The van der Waals surface area contributed by atoms with Crippen LogP contribution >= 0.6 is 0 Å². The first-order chi connectivity index (χ1) is 8.25. The summed E-state index contributed by atoms with van der Waals surface area (Å²) in [6.07, 6.45) is 7.71. The van der Waals surface area contributed by atoms with Crippen molar-refractivity contribution in [3.8, 4) is 0 Å². The molecule has 2 atom stereocenters. The highest BCUT2D eigenvalue weighted by atomic mass is 16.2. The fraction of sp³-hybridized carbons (Fsp3) is 0.929. The van der Waals surface area contributed by atoms with Crippen LogP contribution < -0.4 is 5.32 Å². The summed E-state index contributed by atoms with van der Waals surface area (Å²) >= 11 is 0. The Morgan fingerprint density at radius 3 is 2.65 bits per heavy atom. The van der Waals surface area contributed by atoms with Crippen molar-refractivity contribution < 1.29 is 4.79 Å². The normalized spacial score (nSPS) is 29.6. The molecule has 0 spiro atoms. The lowest BCUT2D eigenvalue weighted by molar-refractivity contribution is -0.131. The highest BCUT2D eigenvalue weighted by Gasteiger charge is 2.21. The Morgan fingerprint density at radius 1 is 1.24 bits per heavy atom. The zero-order valence-corrected chi connectivity index (χ0v) is 11.1. The molecular formula is C14H26N2O. The molecule has 0 aromatic heterocycles. The van der Waals surface area contributed by atoms with Crippen LogP contribution in [0.25, 0.3) is 0 Å². The summed E-state index contributed by atoms with van der Waals surface area (Å²) in [5.74, 6) is 1.99. The Morgan fingerprint density at radius 2 is 2.00 bits per heavy atom. The first-order valence-electron chi connectivity index (χ1n) is 7.24. The zero-order valence-electron chi connectivity index (χ0n) is 11.1. The molecule has 1 heterocycles. The summed E-state index contributed by atoms with van der Waals surface area (Å²) in [5, 5.41) is 3.35. The average Bonchev–Trinajstić information content (AvgIpc) is 2.76. The molecule has 1 aliphatic carbocycles. The van der Waals surface area contributed by atoms with E-state index in [9.17, 15) is 4.79 Å². The van der Waals surface area contributed by atoms with Crippen LogP contribution in [0.5, 0.6) is 0 Å². The highest BCUT2D eigenvalue weighted by Crippen LogP contribution is 2.29. The monoisotopic (exact) mass is 238 g/mol. The van der Waals surface area contributed by atoms with Gasteiger partial charge in [-0.2, -0.15) is 0 Å². The molecule has 2 rings (SSSR count). The van der Waals surface area contributed by atoms with Crippen molar-refractivity contribution >= 4 is 5.91 Å². The van der Waals surface area contributed by atoms with Gasteiger partial charge in [0, 0.05) is 13.1 Å². The van der Waals surface area contributed by atoms with Gasteiger partial charge in [0.15, 0.2) is 0 Å². The average molecular weight is 238 g/mol. The van der Waals surface area contributed by atoms with Crippen molar-refractivity contribution in [3.63, 3.8) is 0 Å². The Hall–Kier alpha value is -0.570. The van der Waals surface area contributed by atoms with Gasteiger partial charge in [0.2, 0.25) is 5.91 Å². The Kier molecular flexibility index (Phi) is 4.84. The van der Waals surface area contributed by atoms with E-state index >= 15 is 0 Å². The summed E-state index contributed by atoms with van der Waals surface area (Å²) in [6.45, 7) is 5.86. The Bertz CT molecular complexity index is 249. The molecule has 0 aromatic rings. The number of rotatable bonds is 4. The standard InChI is InChI=1S/C14H26N2O/c1-12-5-6-13(9-12)10-15-11-14(17)16-7-3-2-4-8-16/h12-13,15H,2-11H2,1H3.